The lowest BCUT2D eigenvalue weighted by Gasteiger charge is -2.28. The Morgan fingerprint density at radius 3 is 2.37 bits per heavy atom. The molecule has 1 heterocycles. The molecule has 1 aliphatic heterocycles. The van der Waals surface area contributed by atoms with E-state index in [1.165, 1.54) is 31.5 Å². The molecule has 0 aromatic heterocycles. The average molecular weight is 371 g/mol. The highest BCUT2D eigenvalue weighted by Gasteiger charge is 2.25. The Hall–Kier alpha value is -1.88. The fourth-order valence-electron chi connectivity index (χ4n) is 3.97. The molecule has 2 aromatic rings. The van der Waals surface area contributed by atoms with Crippen LogP contribution in [0.5, 0.6) is 5.75 Å². The van der Waals surface area contributed by atoms with E-state index < -0.39 is 6.10 Å². The van der Waals surface area contributed by atoms with E-state index >= 15 is 0 Å². The number of aryl methyl sites for hydroxylation is 2. The van der Waals surface area contributed by atoms with Gasteiger partial charge < -0.3 is 20.1 Å². The van der Waals surface area contributed by atoms with Crippen LogP contribution in [0.15, 0.2) is 48.5 Å². The predicted molar refractivity (Wildman–Crippen MR) is 108 cm³/mol. The molecular formula is C23H34N2O2+2. The number of rotatable bonds is 8. The number of hydrogen-bond donors (Lipinski definition) is 3. The third-order valence-electron chi connectivity index (χ3n) is 5.60. The van der Waals surface area contributed by atoms with Gasteiger partial charge in [-0.25, -0.2) is 0 Å². The number of likely N-dealkylation sites (tertiary alicyclic amines) is 1. The number of hydrogen-bond acceptors (Lipinski definition) is 2. The van der Waals surface area contributed by atoms with Gasteiger partial charge in [-0.2, -0.15) is 0 Å². The molecule has 0 amide bonds. The minimum absolute atomic E-state index is 0.361. The molecule has 0 saturated carbocycles. The number of para-hydroxylation sites is 1. The number of aliphatic hydroxyl groups is 1. The molecule has 1 fully saturated rings. The van der Waals surface area contributed by atoms with Crippen LogP contribution in [0.4, 0.5) is 0 Å². The van der Waals surface area contributed by atoms with Crippen LogP contribution in [0, 0.1) is 13.8 Å². The summed E-state index contributed by atoms with van der Waals surface area (Å²) in [6.07, 6.45) is 2.00. The first-order chi connectivity index (χ1) is 13.1. The zero-order chi connectivity index (χ0) is 19.1. The standard InChI is InChI=1S/C23H32N2O2/c1-18-7-6-8-19(2)23(18)27-17-22(26)15-24-21-11-13-25(14-12-21)16-20-9-4-3-5-10-20/h3-10,21-22,24,26H,11-17H2,1-2H3/p+2/t22-/m0/s1. The summed E-state index contributed by atoms with van der Waals surface area (Å²) in [4.78, 5) is 1.67. The molecule has 1 aliphatic rings. The highest BCUT2D eigenvalue weighted by Crippen LogP contribution is 2.22. The van der Waals surface area contributed by atoms with Crippen molar-refractivity contribution in [3.63, 3.8) is 0 Å². The van der Waals surface area contributed by atoms with Gasteiger partial charge in [-0.15, -0.1) is 0 Å². The average Bonchev–Trinajstić information content (AvgIpc) is 2.68. The van der Waals surface area contributed by atoms with Crippen LogP contribution < -0.4 is 15.0 Å². The van der Waals surface area contributed by atoms with Gasteiger partial charge in [0.25, 0.3) is 0 Å². The molecule has 27 heavy (non-hydrogen) atoms. The second kappa shape index (κ2) is 9.88. The van der Waals surface area contributed by atoms with Gasteiger partial charge in [0, 0.05) is 18.4 Å². The van der Waals surface area contributed by atoms with Crippen LogP contribution >= 0.6 is 0 Å². The van der Waals surface area contributed by atoms with E-state index in [9.17, 15) is 5.11 Å². The van der Waals surface area contributed by atoms with Crippen LogP contribution in [0.3, 0.4) is 0 Å². The Morgan fingerprint density at radius 1 is 1.04 bits per heavy atom. The first-order valence-corrected chi connectivity index (χ1v) is 10.2. The first kappa shape index (κ1) is 19.9. The molecule has 1 atom stereocenters. The number of nitrogens with one attached hydrogen (secondary N) is 1. The van der Waals surface area contributed by atoms with Gasteiger partial charge in [-0.05, 0) is 25.0 Å². The summed E-state index contributed by atoms with van der Waals surface area (Å²) in [5, 5.41) is 12.6. The fraction of sp³-hybridized carbons (Fsp3) is 0.478. The second-order valence-corrected chi connectivity index (χ2v) is 7.91. The summed E-state index contributed by atoms with van der Waals surface area (Å²) in [6.45, 7) is 8.72. The monoisotopic (exact) mass is 370 g/mol. The molecule has 1 saturated heterocycles. The zero-order valence-electron chi connectivity index (χ0n) is 16.7. The lowest BCUT2D eigenvalue weighted by Crippen LogP contribution is -3.13. The highest BCUT2D eigenvalue weighted by atomic mass is 16.5. The molecule has 4 nitrogen and oxygen atoms in total. The minimum Gasteiger partial charge on any atom is -0.490 e. The van der Waals surface area contributed by atoms with Gasteiger partial charge in [-0.1, -0.05) is 48.5 Å². The van der Waals surface area contributed by atoms with Crippen molar-refractivity contribution >= 4 is 0 Å². The second-order valence-electron chi connectivity index (χ2n) is 7.91. The van der Waals surface area contributed by atoms with Gasteiger partial charge in [0.15, 0.2) is 0 Å². The third-order valence-corrected chi connectivity index (χ3v) is 5.60. The van der Waals surface area contributed by atoms with Crippen LogP contribution in [0.1, 0.15) is 29.5 Å². The van der Waals surface area contributed by atoms with Crippen molar-refractivity contribution < 1.29 is 20.1 Å². The van der Waals surface area contributed by atoms with E-state index in [0.717, 1.165) is 23.4 Å². The molecule has 0 bridgehead atoms. The maximum Gasteiger partial charge on any atom is 0.137 e. The van der Waals surface area contributed by atoms with Crippen molar-refractivity contribution in [3.05, 3.63) is 65.2 Å². The smallest absolute Gasteiger partial charge is 0.137 e. The predicted octanol–water partition coefficient (Wildman–Crippen LogP) is 0.854. The van der Waals surface area contributed by atoms with E-state index in [-0.39, 0.29) is 0 Å². The number of aliphatic hydroxyl groups excluding tert-OH is 1. The van der Waals surface area contributed by atoms with Crippen molar-refractivity contribution in [1.29, 1.82) is 0 Å². The lowest BCUT2D eigenvalue weighted by molar-refractivity contribution is -0.926. The van der Waals surface area contributed by atoms with Gasteiger partial charge in [-0.3, -0.25) is 0 Å². The molecule has 4 N–H and O–H groups in total. The maximum atomic E-state index is 10.3. The maximum absolute atomic E-state index is 10.3. The summed E-state index contributed by atoms with van der Waals surface area (Å²) in [7, 11) is 0. The minimum atomic E-state index is -0.432. The first-order valence-electron chi connectivity index (χ1n) is 10.2. The van der Waals surface area contributed by atoms with Gasteiger partial charge >= 0.3 is 0 Å². The van der Waals surface area contributed by atoms with E-state index in [0.29, 0.717) is 19.2 Å². The van der Waals surface area contributed by atoms with Crippen LogP contribution in [0.2, 0.25) is 0 Å². The Balaban J connectivity index is 1.35. The summed E-state index contributed by atoms with van der Waals surface area (Å²) in [5.41, 5.74) is 3.67. The van der Waals surface area contributed by atoms with E-state index in [1.54, 1.807) is 4.90 Å². The lowest BCUT2D eigenvalue weighted by atomic mass is 10.0. The van der Waals surface area contributed by atoms with Crippen LogP contribution in [-0.4, -0.2) is 43.5 Å². The number of benzene rings is 2. The van der Waals surface area contributed by atoms with Crippen LogP contribution in [0.25, 0.3) is 0 Å². The summed E-state index contributed by atoms with van der Waals surface area (Å²) in [5.74, 6) is 0.911. The quantitative estimate of drug-likeness (QED) is 0.645. The van der Waals surface area contributed by atoms with Crippen molar-refractivity contribution in [3.8, 4) is 5.75 Å². The molecule has 2 aromatic carbocycles. The Labute approximate surface area is 163 Å². The third kappa shape index (κ3) is 6.06. The largest absolute Gasteiger partial charge is 0.490 e. The fourth-order valence-corrected chi connectivity index (χ4v) is 3.97. The summed E-state index contributed by atoms with van der Waals surface area (Å²) < 4.78 is 5.88. The van der Waals surface area contributed by atoms with Gasteiger partial charge in [0.2, 0.25) is 0 Å². The van der Waals surface area contributed by atoms with E-state index in [1.807, 2.05) is 32.0 Å². The topological polar surface area (TPSA) is 50.5 Å². The summed E-state index contributed by atoms with van der Waals surface area (Å²) >= 11 is 0. The number of piperidine rings is 1. The normalized spacial score (nSPS) is 21.0. The van der Waals surface area contributed by atoms with Crippen LogP contribution in [-0.2, 0) is 6.54 Å². The molecule has 146 valence electrons. The molecule has 4 heteroatoms. The SMILES string of the molecule is Cc1cccc(C)c1OC[C@@H](O)C[NH2+]C1CC[NH+](Cc2ccccc2)CC1. The van der Waals surface area contributed by atoms with E-state index in [2.05, 4.69) is 35.6 Å². The van der Waals surface area contributed by atoms with Gasteiger partial charge in [0.1, 0.15) is 31.5 Å². The zero-order valence-corrected chi connectivity index (χ0v) is 16.7. The number of nitrogens with two attached hydrogens (primary N) is 1. The molecule has 0 spiro atoms. The van der Waals surface area contributed by atoms with Crippen molar-refractivity contribution in [2.75, 3.05) is 26.2 Å². The molecule has 0 aliphatic carbocycles. The van der Waals surface area contributed by atoms with E-state index in [4.69, 9.17) is 4.74 Å². The number of ether oxygens (including phenoxy) is 1. The van der Waals surface area contributed by atoms with Crippen molar-refractivity contribution in [2.45, 2.75) is 45.4 Å². The Kier molecular flexibility index (Phi) is 7.27. The molecule has 3 rings (SSSR count). The highest BCUT2D eigenvalue weighted by molar-refractivity contribution is 5.39. The van der Waals surface area contributed by atoms with Crippen molar-refractivity contribution in [2.24, 2.45) is 0 Å². The Morgan fingerprint density at radius 2 is 1.70 bits per heavy atom. The molecule has 0 unspecified atom stereocenters. The van der Waals surface area contributed by atoms with Crippen molar-refractivity contribution in [1.82, 2.24) is 0 Å². The Bertz CT molecular complexity index is 677. The number of quaternary nitrogens is 2. The summed E-state index contributed by atoms with van der Waals surface area (Å²) in [6, 6.07) is 17.5. The molecule has 0 radical (unpaired) electrons. The van der Waals surface area contributed by atoms with Gasteiger partial charge in [0.05, 0.1) is 19.1 Å². The molecular weight excluding hydrogens is 336 g/mol.